The molecule has 0 saturated carbocycles. The molecule has 4 heteroatoms. The number of hydrogen-bond donors (Lipinski definition) is 1. The molecule has 0 heterocycles. The molecule has 1 atom stereocenters. The van der Waals surface area contributed by atoms with E-state index in [4.69, 9.17) is 9.47 Å². The monoisotopic (exact) mass is 293 g/mol. The highest BCUT2D eigenvalue weighted by Gasteiger charge is 2.33. The predicted molar refractivity (Wildman–Crippen MR) is 84.7 cm³/mol. The van der Waals surface area contributed by atoms with Crippen molar-refractivity contribution in [3.05, 3.63) is 29.3 Å². The Kier molecular flexibility index (Phi) is 6.69. The number of ether oxygens (including phenoxy) is 2. The highest BCUT2D eigenvalue weighted by Crippen LogP contribution is 2.18. The van der Waals surface area contributed by atoms with Crippen LogP contribution in [0.15, 0.2) is 18.2 Å². The molecule has 1 N–H and O–H groups in total. The van der Waals surface area contributed by atoms with Crippen LogP contribution < -0.4 is 10.1 Å². The minimum absolute atomic E-state index is 0.250. The maximum Gasteiger partial charge on any atom is 0.325 e. The Labute approximate surface area is 127 Å². The number of rotatable bonds is 8. The highest BCUT2D eigenvalue weighted by molar-refractivity contribution is 5.80. The van der Waals surface area contributed by atoms with Gasteiger partial charge >= 0.3 is 5.97 Å². The summed E-state index contributed by atoms with van der Waals surface area (Å²) in [4.78, 5) is 11.9. The largest absolute Gasteiger partial charge is 0.493 e. The second kappa shape index (κ2) is 8.03. The molecule has 0 aromatic heterocycles. The molecule has 0 aliphatic heterocycles. The molecule has 1 aromatic carbocycles. The van der Waals surface area contributed by atoms with E-state index in [0.717, 1.165) is 18.7 Å². The molecular weight excluding hydrogens is 266 g/mol. The van der Waals surface area contributed by atoms with Crippen LogP contribution in [0.2, 0.25) is 0 Å². The molecule has 0 aliphatic carbocycles. The average Bonchev–Trinajstić information content (AvgIpc) is 2.48. The molecule has 118 valence electrons. The van der Waals surface area contributed by atoms with Crippen LogP contribution >= 0.6 is 0 Å². The van der Waals surface area contributed by atoms with Crippen molar-refractivity contribution >= 4 is 5.97 Å². The number of carbonyl (C=O) groups is 1. The minimum Gasteiger partial charge on any atom is -0.493 e. The molecule has 0 amide bonds. The van der Waals surface area contributed by atoms with Gasteiger partial charge in [-0.25, -0.2) is 0 Å². The van der Waals surface area contributed by atoms with E-state index in [1.165, 1.54) is 18.2 Å². The Morgan fingerprint density at radius 3 is 2.57 bits per heavy atom. The summed E-state index contributed by atoms with van der Waals surface area (Å²) in [6.45, 7) is 9.29. The number of carbonyl (C=O) groups excluding carboxylic acids is 1. The summed E-state index contributed by atoms with van der Waals surface area (Å²) in [6.07, 6.45) is 1.52. The third kappa shape index (κ3) is 5.05. The first-order valence-corrected chi connectivity index (χ1v) is 7.46. The summed E-state index contributed by atoms with van der Waals surface area (Å²) in [5, 5.41) is 3.25. The summed E-state index contributed by atoms with van der Waals surface area (Å²) >= 11 is 0. The smallest absolute Gasteiger partial charge is 0.325 e. The van der Waals surface area contributed by atoms with E-state index in [0.29, 0.717) is 13.0 Å². The van der Waals surface area contributed by atoms with Crippen molar-refractivity contribution in [2.24, 2.45) is 0 Å². The van der Waals surface area contributed by atoms with Crippen LogP contribution in [0.5, 0.6) is 5.75 Å². The molecule has 1 unspecified atom stereocenters. The number of methoxy groups -OCH3 is 1. The molecule has 4 nitrogen and oxygen atoms in total. The third-order valence-corrected chi connectivity index (χ3v) is 3.75. The van der Waals surface area contributed by atoms with Gasteiger partial charge < -0.3 is 14.8 Å². The van der Waals surface area contributed by atoms with E-state index in [1.807, 2.05) is 25.1 Å². The maximum absolute atomic E-state index is 11.9. The van der Waals surface area contributed by atoms with E-state index >= 15 is 0 Å². The fourth-order valence-corrected chi connectivity index (χ4v) is 2.07. The molecular formula is C17H27NO3. The number of nitrogens with one attached hydrogen (secondary N) is 1. The number of benzene rings is 1. The molecule has 0 fully saturated rings. The molecule has 0 bridgehead atoms. The van der Waals surface area contributed by atoms with Crippen LogP contribution in [-0.2, 0) is 9.53 Å². The first-order chi connectivity index (χ1) is 9.92. The van der Waals surface area contributed by atoms with Crippen molar-refractivity contribution in [2.75, 3.05) is 20.3 Å². The van der Waals surface area contributed by atoms with Crippen molar-refractivity contribution in [1.82, 2.24) is 5.32 Å². The average molecular weight is 293 g/mol. The maximum atomic E-state index is 11.9. The zero-order chi connectivity index (χ0) is 15.9. The van der Waals surface area contributed by atoms with Crippen molar-refractivity contribution in [3.63, 3.8) is 0 Å². The fourth-order valence-electron chi connectivity index (χ4n) is 2.07. The second-order valence-corrected chi connectivity index (χ2v) is 5.59. The number of esters is 1. The van der Waals surface area contributed by atoms with Gasteiger partial charge in [0.2, 0.25) is 0 Å². The standard InChI is InChI=1S/C17H27NO3/c1-6-10-18-17(4,16(19)20-5)9-11-21-15-8-7-13(2)14(3)12-15/h7-8,12,18H,6,9-11H2,1-5H3. The number of hydrogen-bond acceptors (Lipinski definition) is 4. The number of aryl methyl sites for hydroxylation is 2. The van der Waals surface area contributed by atoms with Gasteiger partial charge in [0.25, 0.3) is 0 Å². The SMILES string of the molecule is CCCNC(C)(CCOc1ccc(C)c(C)c1)C(=O)OC. The van der Waals surface area contributed by atoms with Crippen molar-refractivity contribution in [1.29, 1.82) is 0 Å². The first-order valence-electron chi connectivity index (χ1n) is 7.46. The summed E-state index contributed by atoms with van der Waals surface area (Å²) in [6, 6.07) is 6.01. The summed E-state index contributed by atoms with van der Waals surface area (Å²) in [5.41, 5.74) is 1.74. The Morgan fingerprint density at radius 1 is 1.29 bits per heavy atom. The summed E-state index contributed by atoms with van der Waals surface area (Å²) in [5.74, 6) is 0.584. The Morgan fingerprint density at radius 2 is 2.00 bits per heavy atom. The lowest BCUT2D eigenvalue weighted by Crippen LogP contribution is -2.51. The second-order valence-electron chi connectivity index (χ2n) is 5.59. The quantitative estimate of drug-likeness (QED) is 0.749. The van der Waals surface area contributed by atoms with Gasteiger partial charge in [0.15, 0.2) is 0 Å². The van der Waals surface area contributed by atoms with Crippen LogP contribution in [0.1, 0.15) is 37.8 Å². The topological polar surface area (TPSA) is 47.6 Å². The zero-order valence-corrected chi connectivity index (χ0v) is 13.8. The van der Waals surface area contributed by atoms with Crippen molar-refractivity contribution < 1.29 is 14.3 Å². The van der Waals surface area contributed by atoms with Crippen LogP contribution in [-0.4, -0.2) is 31.8 Å². The molecule has 1 rings (SSSR count). The summed E-state index contributed by atoms with van der Waals surface area (Å²) < 4.78 is 10.7. The Hall–Kier alpha value is -1.55. The van der Waals surface area contributed by atoms with E-state index in [2.05, 4.69) is 26.1 Å². The molecule has 0 aliphatic rings. The van der Waals surface area contributed by atoms with Gasteiger partial charge in [0.05, 0.1) is 13.7 Å². The molecule has 0 saturated heterocycles. The van der Waals surface area contributed by atoms with Gasteiger partial charge in [-0.05, 0) is 57.0 Å². The van der Waals surface area contributed by atoms with Gasteiger partial charge in [-0.1, -0.05) is 13.0 Å². The van der Waals surface area contributed by atoms with Gasteiger partial charge in [0.1, 0.15) is 11.3 Å². The normalized spacial score (nSPS) is 13.6. The van der Waals surface area contributed by atoms with Gasteiger partial charge in [0, 0.05) is 6.42 Å². The van der Waals surface area contributed by atoms with Crippen LogP contribution in [0.4, 0.5) is 0 Å². The lowest BCUT2D eigenvalue weighted by Gasteiger charge is -2.28. The molecule has 1 aromatic rings. The first kappa shape index (κ1) is 17.5. The minimum atomic E-state index is -0.704. The molecule has 0 spiro atoms. The van der Waals surface area contributed by atoms with E-state index in [9.17, 15) is 4.79 Å². The molecule has 21 heavy (non-hydrogen) atoms. The van der Waals surface area contributed by atoms with Gasteiger partial charge in [-0.3, -0.25) is 4.79 Å². The predicted octanol–water partition coefficient (Wildman–Crippen LogP) is 3.00. The van der Waals surface area contributed by atoms with Gasteiger partial charge in [-0.15, -0.1) is 0 Å². The third-order valence-electron chi connectivity index (χ3n) is 3.75. The van der Waals surface area contributed by atoms with Crippen LogP contribution in [0, 0.1) is 13.8 Å². The van der Waals surface area contributed by atoms with Crippen LogP contribution in [0.3, 0.4) is 0 Å². The zero-order valence-electron chi connectivity index (χ0n) is 13.8. The summed E-state index contributed by atoms with van der Waals surface area (Å²) in [7, 11) is 1.42. The van der Waals surface area contributed by atoms with Gasteiger partial charge in [-0.2, -0.15) is 0 Å². The highest BCUT2D eigenvalue weighted by atomic mass is 16.5. The Balaban J connectivity index is 2.60. The van der Waals surface area contributed by atoms with Crippen molar-refractivity contribution in [3.8, 4) is 5.75 Å². The molecule has 0 radical (unpaired) electrons. The Bertz CT molecular complexity index is 473. The van der Waals surface area contributed by atoms with E-state index < -0.39 is 5.54 Å². The van der Waals surface area contributed by atoms with E-state index in [-0.39, 0.29) is 5.97 Å². The fraction of sp³-hybridized carbons (Fsp3) is 0.588. The van der Waals surface area contributed by atoms with E-state index in [1.54, 1.807) is 0 Å². The lowest BCUT2D eigenvalue weighted by atomic mass is 9.98. The van der Waals surface area contributed by atoms with Crippen LogP contribution in [0.25, 0.3) is 0 Å². The van der Waals surface area contributed by atoms with Crippen molar-refractivity contribution in [2.45, 2.75) is 46.1 Å². The lowest BCUT2D eigenvalue weighted by molar-refractivity contribution is -0.148.